The molecule has 0 spiro atoms. The van der Waals surface area contributed by atoms with Crippen LogP contribution < -0.4 is 9.47 Å². The van der Waals surface area contributed by atoms with Crippen LogP contribution >= 0.6 is 0 Å². The molecular formula is C14H14N4O2. The molecule has 0 bridgehead atoms. The Hall–Kier alpha value is -2.63. The predicted octanol–water partition coefficient (Wildman–Crippen LogP) is 2.35. The van der Waals surface area contributed by atoms with Gasteiger partial charge in [-0.3, -0.25) is 0 Å². The Morgan fingerprint density at radius 3 is 2.30 bits per heavy atom. The van der Waals surface area contributed by atoms with Gasteiger partial charge in [0.05, 0.1) is 31.3 Å². The van der Waals surface area contributed by atoms with Crippen LogP contribution in [0.2, 0.25) is 0 Å². The molecule has 2 heterocycles. The van der Waals surface area contributed by atoms with Crippen LogP contribution in [0.15, 0.2) is 24.3 Å². The maximum atomic E-state index is 5.16. The number of nitrogens with zero attached hydrogens (tertiary/aromatic N) is 3. The van der Waals surface area contributed by atoms with Crippen molar-refractivity contribution in [2.45, 2.75) is 6.92 Å². The van der Waals surface area contributed by atoms with Crippen LogP contribution in [0.4, 0.5) is 0 Å². The maximum Gasteiger partial charge on any atom is 0.220 e. The Morgan fingerprint density at radius 1 is 0.950 bits per heavy atom. The van der Waals surface area contributed by atoms with Crippen LogP contribution in [-0.2, 0) is 0 Å². The van der Waals surface area contributed by atoms with Crippen molar-refractivity contribution in [2.75, 3.05) is 14.2 Å². The third kappa shape index (κ3) is 2.16. The molecule has 0 saturated heterocycles. The minimum atomic E-state index is 0.465. The quantitative estimate of drug-likeness (QED) is 0.790. The molecule has 0 aliphatic heterocycles. The van der Waals surface area contributed by atoms with E-state index in [1.54, 1.807) is 20.3 Å². The van der Waals surface area contributed by atoms with E-state index in [0.29, 0.717) is 17.6 Å². The summed E-state index contributed by atoms with van der Waals surface area (Å²) in [6.07, 6.45) is 0. The number of aromatic nitrogens is 4. The molecule has 0 saturated carbocycles. The number of aryl methyl sites for hydroxylation is 1. The van der Waals surface area contributed by atoms with E-state index in [1.807, 2.05) is 25.1 Å². The molecular weight excluding hydrogens is 256 g/mol. The first-order chi connectivity index (χ1) is 9.69. The first kappa shape index (κ1) is 12.4. The summed E-state index contributed by atoms with van der Waals surface area (Å²) in [6, 6.07) is 7.46. The molecule has 0 amide bonds. The van der Waals surface area contributed by atoms with Crippen molar-refractivity contribution in [3.63, 3.8) is 0 Å². The summed E-state index contributed by atoms with van der Waals surface area (Å²) in [7, 11) is 3.13. The summed E-state index contributed by atoms with van der Waals surface area (Å²) in [5, 5.41) is 0. The highest BCUT2D eigenvalue weighted by Gasteiger charge is 2.09. The number of ether oxygens (including phenoxy) is 2. The van der Waals surface area contributed by atoms with Gasteiger partial charge in [-0.15, -0.1) is 0 Å². The van der Waals surface area contributed by atoms with Crippen molar-refractivity contribution < 1.29 is 9.47 Å². The van der Waals surface area contributed by atoms with Gasteiger partial charge in [0.25, 0.3) is 0 Å². The lowest BCUT2D eigenvalue weighted by molar-refractivity contribution is 0.373. The number of H-pyrrole nitrogens is 1. The second-order valence-corrected chi connectivity index (χ2v) is 4.33. The molecule has 0 unspecified atom stereocenters. The third-order valence-corrected chi connectivity index (χ3v) is 2.96. The van der Waals surface area contributed by atoms with Gasteiger partial charge in [0.1, 0.15) is 5.82 Å². The number of benzene rings is 1. The minimum Gasteiger partial charge on any atom is -0.481 e. The van der Waals surface area contributed by atoms with E-state index in [2.05, 4.69) is 19.9 Å². The molecule has 6 heteroatoms. The van der Waals surface area contributed by atoms with Crippen molar-refractivity contribution in [1.82, 2.24) is 19.9 Å². The molecule has 6 nitrogen and oxygen atoms in total. The van der Waals surface area contributed by atoms with Crippen LogP contribution in [0.1, 0.15) is 5.82 Å². The van der Waals surface area contributed by atoms with Gasteiger partial charge in [-0.05, 0) is 25.1 Å². The van der Waals surface area contributed by atoms with Crippen molar-refractivity contribution >= 4 is 11.0 Å². The Labute approximate surface area is 115 Å². The number of fused-ring (bicyclic) bond motifs is 1. The van der Waals surface area contributed by atoms with Gasteiger partial charge in [-0.2, -0.15) is 9.97 Å². The van der Waals surface area contributed by atoms with Crippen LogP contribution in [-0.4, -0.2) is 34.2 Å². The molecule has 3 rings (SSSR count). The Balaban J connectivity index is 2.13. The van der Waals surface area contributed by atoms with E-state index in [0.717, 1.165) is 22.4 Å². The van der Waals surface area contributed by atoms with Crippen LogP contribution in [0.25, 0.3) is 22.4 Å². The van der Waals surface area contributed by atoms with Gasteiger partial charge in [0.15, 0.2) is 5.82 Å². The van der Waals surface area contributed by atoms with Gasteiger partial charge >= 0.3 is 0 Å². The van der Waals surface area contributed by atoms with Crippen molar-refractivity contribution in [2.24, 2.45) is 0 Å². The Bertz CT molecular complexity index is 745. The first-order valence-corrected chi connectivity index (χ1v) is 6.13. The first-order valence-electron chi connectivity index (χ1n) is 6.13. The van der Waals surface area contributed by atoms with Gasteiger partial charge < -0.3 is 14.5 Å². The van der Waals surface area contributed by atoms with E-state index >= 15 is 0 Å². The lowest BCUT2D eigenvalue weighted by atomic mass is 10.2. The predicted molar refractivity (Wildman–Crippen MR) is 75.0 cm³/mol. The number of methoxy groups -OCH3 is 2. The molecule has 2 aromatic heterocycles. The Morgan fingerprint density at radius 2 is 1.65 bits per heavy atom. The minimum absolute atomic E-state index is 0.465. The SMILES string of the molecule is COc1cc(OC)nc(-c2ccc3nc(C)[nH]c3c2)n1. The van der Waals surface area contributed by atoms with E-state index in [-0.39, 0.29) is 0 Å². The number of aromatic amines is 1. The zero-order chi connectivity index (χ0) is 14.1. The fourth-order valence-corrected chi connectivity index (χ4v) is 2.02. The molecule has 1 N–H and O–H groups in total. The molecule has 102 valence electrons. The fraction of sp³-hybridized carbons (Fsp3) is 0.214. The van der Waals surface area contributed by atoms with Crippen molar-refractivity contribution in [3.05, 3.63) is 30.1 Å². The van der Waals surface area contributed by atoms with Crippen LogP contribution in [0.3, 0.4) is 0 Å². The summed E-state index contributed by atoms with van der Waals surface area (Å²) in [5.74, 6) is 2.36. The molecule has 20 heavy (non-hydrogen) atoms. The van der Waals surface area contributed by atoms with E-state index in [4.69, 9.17) is 9.47 Å². The summed E-state index contributed by atoms with van der Waals surface area (Å²) >= 11 is 0. The number of imidazole rings is 1. The fourth-order valence-electron chi connectivity index (χ4n) is 2.02. The molecule has 0 aliphatic carbocycles. The summed E-state index contributed by atoms with van der Waals surface area (Å²) < 4.78 is 10.3. The number of hydrogen-bond acceptors (Lipinski definition) is 5. The third-order valence-electron chi connectivity index (χ3n) is 2.96. The molecule has 0 atom stereocenters. The average molecular weight is 270 g/mol. The largest absolute Gasteiger partial charge is 0.481 e. The molecule has 3 aromatic rings. The topological polar surface area (TPSA) is 72.9 Å². The van der Waals surface area contributed by atoms with Crippen LogP contribution in [0, 0.1) is 6.92 Å². The zero-order valence-corrected chi connectivity index (χ0v) is 11.5. The number of hydrogen-bond donors (Lipinski definition) is 1. The van der Waals surface area contributed by atoms with Gasteiger partial charge in [0, 0.05) is 5.56 Å². The van der Waals surface area contributed by atoms with Gasteiger partial charge in [-0.25, -0.2) is 4.98 Å². The van der Waals surface area contributed by atoms with Gasteiger partial charge in [0.2, 0.25) is 11.8 Å². The second-order valence-electron chi connectivity index (χ2n) is 4.33. The van der Waals surface area contributed by atoms with E-state index in [9.17, 15) is 0 Å². The maximum absolute atomic E-state index is 5.16. The van der Waals surface area contributed by atoms with E-state index < -0.39 is 0 Å². The van der Waals surface area contributed by atoms with Crippen molar-refractivity contribution in [1.29, 1.82) is 0 Å². The molecule has 0 fully saturated rings. The highest BCUT2D eigenvalue weighted by Crippen LogP contribution is 2.24. The highest BCUT2D eigenvalue weighted by molar-refractivity contribution is 5.80. The molecule has 0 aliphatic rings. The normalized spacial score (nSPS) is 10.8. The summed E-state index contributed by atoms with van der Waals surface area (Å²) in [4.78, 5) is 16.2. The summed E-state index contributed by atoms with van der Waals surface area (Å²) in [5.41, 5.74) is 2.74. The zero-order valence-electron chi connectivity index (χ0n) is 11.5. The average Bonchev–Trinajstić information content (AvgIpc) is 2.85. The molecule has 0 radical (unpaired) electrons. The summed E-state index contributed by atoms with van der Waals surface area (Å²) in [6.45, 7) is 1.92. The number of rotatable bonds is 3. The lowest BCUT2D eigenvalue weighted by Crippen LogP contribution is -1.97. The van der Waals surface area contributed by atoms with Crippen molar-refractivity contribution in [3.8, 4) is 23.1 Å². The van der Waals surface area contributed by atoms with E-state index in [1.165, 1.54) is 0 Å². The van der Waals surface area contributed by atoms with Crippen LogP contribution in [0.5, 0.6) is 11.8 Å². The highest BCUT2D eigenvalue weighted by atomic mass is 16.5. The second kappa shape index (κ2) is 4.80. The Kier molecular flexibility index (Phi) is 2.98. The monoisotopic (exact) mass is 270 g/mol. The number of nitrogens with one attached hydrogen (secondary N) is 1. The molecule has 1 aromatic carbocycles. The lowest BCUT2D eigenvalue weighted by Gasteiger charge is -2.06. The smallest absolute Gasteiger partial charge is 0.220 e. The van der Waals surface area contributed by atoms with Gasteiger partial charge in [-0.1, -0.05) is 0 Å². The standard InChI is InChI=1S/C14H14N4O2/c1-8-15-10-5-4-9(6-11(10)16-8)14-17-12(19-2)7-13(18-14)20-3/h4-7H,1-3H3,(H,15,16).